The van der Waals surface area contributed by atoms with E-state index in [4.69, 9.17) is 9.47 Å². The van der Waals surface area contributed by atoms with Crippen molar-refractivity contribution in [2.24, 2.45) is 0 Å². The van der Waals surface area contributed by atoms with Gasteiger partial charge in [0.05, 0.1) is 18.6 Å². The first-order chi connectivity index (χ1) is 14.2. The monoisotopic (exact) mass is 413 g/mol. The molecule has 0 spiro atoms. The molecule has 2 fully saturated rings. The highest BCUT2D eigenvalue weighted by Gasteiger charge is 2.38. The number of rotatable bonds is 4. The Hall–Kier alpha value is -2.26. The van der Waals surface area contributed by atoms with Gasteiger partial charge in [0.25, 0.3) is 0 Å². The Kier molecular flexibility index (Phi) is 6.92. The fourth-order valence-corrected chi connectivity index (χ4v) is 4.55. The van der Waals surface area contributed by atoms with E-state index in [9.17, 15) is 10.1 Å². The average Bonchev–Trinajstić information content (AvgIpc) is 2.74. The maximum atomic E-state index is 12.2. The lowest BCUT2D eigenvalue weighted by Gasteiger charge is -2.39. The van der Waals surface area contributed by atoms with Gasteiger partial charge in [-0.1, -0.05) is 12.1 Å². The molecule has 6 nitrogen and oxygen atoms in total. The number of hydrogen-bond donors (Lipinski definition) is 1. The average molecular weight is 414 g/mol. The molecule has 1 heterocycles. The zero-order valence-electron chi connectivity index (χ0n) is 18.7. The number of benzene rings is 1. The Balaban J connectivity index is 1.49. The van der Waals surface area contributed by atoms with E-state index in [0.29, 0.717) is 12.1 Å². The molecule has 3 rings (SSSR count). The Morgan fingerprint density at radius 2 is 1.80 bits per heavy atom. The number of methoxy groups -OCH3 is 1. The number of carbonyl (C=O) groups is 1. The molecule has 164 valence electrons. The molecule has 0 atom stereocenters. The Bertz CT molecular complexity index is 765. The number of amides is 1. The predicted octanol–water partition coefficient (Wildman–Crippen LogP) is 4.39. The Morgan fingerprint density at radius 1 is 1.17 bits per heavy atom. The molecule has 1 aromatic rings. The fraction of sp³-hybridized carbons (Fsp3) is 0.667. The SMILES string of the molecule is COc1cccc(C2(C#N)CCC(NC3CCN(C(=O)OC(C)(C)C)CC3)CC2)c1. The van der Waals surface area contributed by atoms with Gasteiger partial charge in [-0.3, -0.25) is 0 Å². The van der Waals surface area contributed by atoms with Crippen LogP contribution in [0.3, 0.4) is 0 Å². The minimum atomic E-state index is -0.454. The highest BCUT2D eigenvalue weighted by Crippen LogP contribution is 2.40. The lowest BCUT2D eigenvalue weighted by molar-refractivity contribution is 0.0194. The van der Waals surface area contributed by atoms with Crippen LogP contribution in [0.25, 0.3) is 0 Å². The molecule has 6 heteroatoms. The normalized spacial score (nSPS) is 25.4. The number of ether oxygens (including phenoxy) is 2. The summed E-state index contributed by atoms with van der Waals surface area (Å²) < 4.78 is 10.8. The van der Waals surface area contributed by atoms with Crippen molar-refractivity contribution in [3.63, 3.8) is 0 Å². The summed E-state index contributed by atoms with van der Waals surface area (Å²) in [7, 11) is 1.66. The molecular formula is C24H35N3O3. The van der Waals surface area contributed by atoms with Gasteiger partial charge in [-0.25, -0.2) is 4.79 Å². The van der Waals surface area contributed by atoms with Crippen molar-refractivity contribution in [1.82, 2.24) is 10.2 Å². The van der Waals surface area contributed by atoms with Crippen LogP contribution in [0.1, 0.15) is 64.9 Å². The summed E-state index contributed by atoms with van der Waals surface area (Å²) in [6.07, 6.45) is 5.34. The number of piperidine rings is 1. The van der Waals surface area contributed by atoms with E-state index in [2.05, 4.69) is 11.4 Å². The van der Waals surface area contributed by atoms with Gasteiger partial charge in [0, 0.05) is 25.2 Å². The Morgan fingerprint density at radius 3 is 2.37 bits per heavy atom. The van der Waals surface area contributed by atoms with Gasteiger partial charge in [-0.15, -0.1) is 0 Å². The molecule has 0 radical (unpaired) electrons. The minimum Gasteiger partial charge on any atom is -0.497 e. The smallest absolute Gasteiger partial charge is 0.410 e. The third-order valence-electron chi connectivity index (χ3n) is 6.29. The lowest BCUT2D eigenvalue weighted by atomic mass is 9.69. The van der Waals surface area contributed by atoms with Crippen molar-refractivity contribution < 1.29 is 14.3 Å². The highest BCUT2D eigenvalue weighted by molar-refractivity contribution is 5.68. The van der Waals surface area contributed by atoms with Gasteiger partial charge in [0.1, 0.15) is 11.4 Å². The molecule has 1 N–H and O–H groups in total. The summed E-state index contributed by atoms with van der Waals surface area (Å²) in [6.45, 7) is 7.15. The van der Waals surface area contributed by atoms with Crippen LogP contribution in [0.4, 0.5) is 4.79 Å². The van der Waals surface area contributed by atoms with E-state index in [0.717, 1.165) is 62.9 Å². The van der Waals surface area contributed by atoms with Crippen LogP contribution in [-0.4, -0.2) is 48.9 Å². The van der Waals surface area contributed by atoms with Gasteiger partial charge in [-0.05, 0) is 77.0 Å². The third-order valence-corrected chi connectivity index (χ3v) is 6.29. The summed E-state index contributed by atoms with van der Waals surface area (Å²) in [5.41, 5.74) is 0.186. The second-order valence-corrected chi connectivity index (χ2v) is 9.61. The Labute approximate surface area is 180 Å². The van der Waals surface area contributed by atoms with Crippen LogP contribution >= 0.6 is 0 Å². The molecular weight excluding hydrogens is 378 g/mol. The van der Waals surface area contributed by atoms with E-state index in [-0.39, 0.29) is 6.09 Å². The molecule has 30 heavy (non-hydrogen) atoms. The molecule has 1 saturated heterocycles. The van der Waals surface area contributed by atoms with E-state index < -0.39 is 11.0 Å². The number of nitriles is 1. The van der Waals surface area contributed by atoms with E-state index in [1.807, 2.05) is 49.9 Å². The second-order valence-electron chi connectivity index (χ2n) is 9.61. The summed E-state index contributed by atoms with van der Waals surface area (Å²) in [4.78, 5) is 14.1. The van der Waals surface area contributed by atoms with Crippen LogP contribution in [0, 0.1) is 11.3 Å². The molecule has 2 aliphatic rings. The van der Waals surface area contributed by atoms with Crippen molar-refractivity contribution in [3.05, 3.63) is 29.8 Å². The van der Waals surface area contributed by atoms with Crippen molar-refractivity contribution in [3.8, 4) is 11.8 Å². The molecule has 0 aromatic heterocycles. The van der Waals surface area contributed by atoms with Crippen LogP contribution in [-0.2, 0) is 10.2 Å². The molecule has 0 unspecified atom stereocenters. The quantitative estimate of drug-likeness (QED) is 0.792. The zero-order valence-corrected chi connectivity index (χ0v) is 18.7. The number of nitrogens with one attached hydrogen (secondary N) is 1. The minimum absolute atomic E-state index is 0.212. The van der Waals surface area contributed by atoms with Crippen molar-refractivity contribution in [2.75, 3.05) is 20.2 Å². The number of nitrogens with zero attached hydrogens (tertiary/aromatic N) is 2. The number of likely N-dealkylation sites (tertiary alicyclic amines) is 1. The fourth-order valence-electron chi connectivity index (χ4n) is 4.55. The van der Waals surface area contributed by atoms with Crippen LogP contribution in [0.5, 0.6) is 5.75 Å². The van der Waals surface area contributed by atoms with Crippen molar-refractivity contribution in [2.45, 2.75) is 82.4 Å². The van der Waals surface area contributed by atoms with Crippen molar-refractivity contribution in [1.29, 1.82) is 5.26 Å². The lowest BCUT2D eigenvalue weighted by Crippen LogP contribution is -2.50. The zero-order chi connectivity index (χ0) is 21.8. The molecule has 1 aliphatic heterocycles. The molecule has 1 amide bonds. The second kappa shape index (κ2) is 9.26. The van der Waals surface area contributed by atoms with Crippen molar-refractivity contribution >= 4 is 6.09 Å². The molecule has 0 bridgehead atoms. The highest BCUT2D eigenvalue weighted by atomic mass is 16.6. The summed E-state index contributed by atoms with van der Waals surface area (Å²) in [5, 5.41) is 13.8. The third kappa shape index (κ3) is 5.46. The van der Waals surface area contributed by atoms with Gasteiger partial charge in [0.15, 0.2) is 0 Å². The topological polar surface area (TPSA) is 74.6 Å². The van der Waals surface area contributed by atoms with Gasteiger partial charge in [0.2, 0.25) is 0 Å². The summed E-state index contributed by atoms with van der Waals surface area (Å²) >= 11 is 0. The van der Waals surface area contributed by atoms with E-state index in [1.165, 1.54) is 0 Å². The molecule has 1 aliphatic carbocycles. The van der Waals surface area contributed by atoms with Gasteiger partial charge in [-0.2, -0.15) is 5.26 Å². The van der Waals surface area contributed by atoms with E-state index in [1.54, 1.807) is 7.11 Å². The van der Waals surface area contributed by atoms with Crippen LogP contribution in [0.2, 0.25) is 0 Å². The first-order valence-electron chi connectivity index (χ1n) is 11.0. The summed E-state index contributed by atoms with van der Waals surface area (Å²) in [5.74, 6) is 0.805. The van der Waals surface area contributed by atoms with Gasteiger partial charge < -0.3 is 19.7 Å². The van der Waals surface area contributed by atoms with Crippen LogP contribution in [0.15, 0.2) is 24.3 Å². The van der Waals surface area contributed by atoms with E-state index >= 15 is 0 Å². The summed E-state index contributed by atoms with van der Waals surface area (Å²) in [6, 6.07) is 11.4. The largest absolute Gasteiger partial charge is 0.497 e. The first-order valence-corrected chi connectivity index (χ1v) is 11.0. The standard InChI is InChI=1S/C24H35N3O3/c1-23(2,3)30-22(28)27-14-10-20(11-15-27)26-19-8-12-24(17-25,13-9-19)18-6-5-7-21(16-18)29-4/h5-7,16,19-20,26H,8-15H2,1-4H3. The molecule has 1 saturated carbocycles. The first kappa shape index (κ1) is 22.4. The number of hydrogen-bond acceptors (Lipinski definition) is 5. The van der Waals surface area contributed by atoms with Crippen LogP contribution < -0.4 is 10.1 Å². The maximum Gasteiger partial charge on any atom is 0.410 e. The van der Waals surface area contributed by atoms with Gasteiger partial charge >= 0.3 is 6.09 Å². The number of carbonyl (C=O) groups excluding carboxylic acids is 1. The predicted molar refractivity (Wildman–Crippen MR) is 117 cm³/mol. The maximum absolute atomic E-state index is 12.2. The molecule has 1 aromatic carbocycles.